The molecular formula is C15H16N2O3. The zero-order chi connectivity index (χ0) is 14.4. The molecule has 20 heavy (non-hydrogen) atoms. The number of nitriles is 1. The van der Waals surface area contributed by atoms with Gasteiger partial charge in [-0.1, -0.05) is 30.3 Å². The highest BCUT2D eigenvalue weighted by atomic mass is 16.5. The molecule has 5 heteroatoms. The molecule has 2 rings (SSSR count). The Balaban J connectivity index is 1.91. The summed E-state index contributed by atoms with van der Waals surface area (Å²) in [6, 6.07) is 10.8. The van der Waals surface area contributed by atoms with Crippen LogP contribution in [0.1, 0.15) is 24.8 Å². The number of hydrogen-bond donors (Lipinski definition) is 0. The Bertz CT molecular complexity index is 522. The molecule has 1 aromatic carbocycles. The maximum absolute atomic E-state index is 12.0. The fraction of sp³-hybridized carbons (Fsp3) is 0.400. The van der Waals surface area contributed by atoms with E-state index in [-0.39, 0.29) is 18.9 Å². The lowest BCUT2D eigenvalue weighted by atomic mass is 10.2. The molecule has 0 aromatic heterocycles. The number of carbonyl (C=O) groups is 2. The summed E-state index contributed by atoms with van der Waals surface area (Å²) >= 11 is 0. The van der Waals surface area contributed by atoms with Gasteiger partial charge in [-0.15, -0.1) is 0 Å². The van der Waals surface area contributed by atoms with E-state index in [1.807, 2.05) is 36.4 Å². The van der Waals surface area contributed by atoms with Crippen molar-refractivity contribution in [1.82, 2.24) is 4.90 Å². The highest BCUT2D eigenvalue weighted by Gasteiger charge is 2.36. The Hall–Kier alpha value is -2.35. The summed E-state index contributed by atoms with van der Waals surface area (Å²) in [5.74, 6) is -0.473. The molecule has 1 unspecified atom stereocenters. The van der Waals surface area contributed by atoms with Crippen LogP contribution in [0.15, 0.2) is 30.3 Å². The van der Waals surface area contributed by atoms with Gasteiger partial charge in [-0.25, -0.2) is 4.79 Å². The number of nitrogens with zero attached hydrogens (tertiary/aromatic N) is 2. The van der Waals surface area contributed by atoms with Crippen molar-refractivity contribution in [3.8, 4) is 6.07 Å². The molecular weight excluding hydrogens is 256 g/mol. The van der Waals surface area contributed by atoms with E-state index in [9.17, 15) is 9.59 Å². The number of likely N-dealkylation sites (tertiary alicyclic amines) is 1. The highest BCUT2D eigenvalue weighted by molar-refractivity contribution is 5.88. The lowest BCUT2D eigenvalue weighted by molar-refractivity contribution is -0.153. The van der Waals surface area contributed by atoms with Gasteiger partial charge < -0.3 is 9.64 Å². The van der Waals surface area contributed by atoms with Gasteiger partial charge in [0.2, 0.25) is 5.91 Å². The van der Waals surface area contributed by atoms with Gasteiger partial charge in [-0.2, -0.15) is 5.26 Å². The second-order valence-electron chi connectivity index (χ2n) is 4.64. The Morgan fingerprint density at radius 2 is 2.15 bits per heavy atom. The number of benzene rings is 1. The zero-order valence-electron chi connectivity index (χ0n) is 11.1. The SMILES string of the molecule is N#CCCN1C(=O)CCC1C(=O)OCc1ccccc1. The van der Waals surface area contributed by atoms with E-state index in [4.69, 9.17) is 10.00 Å². The third-order valence-electron chi connectivity index (χ3n) is 3.29. The minimum atomic E-state index is -0.542. The Morgan fingerprint density at radius 3 is 2.85 bits per heavy atom. The third-order valence-corrected chi connectivity index (χ3v) is 3.29. The number of rotatable bonds is 5. The predicted molar refractivity (Wildman–Crippen MR) is 71.2 cm³/mol. The molecule has 1 amide bonds. The first kappa shape index (κ1) is 14.1. The Kier molecular flexibility index (Phi) is 4.72. The van der Waals surface area contributed by atoms with Gasteiger partial charge in [0.05, 0.1) is 12.5 Å². The van der Waals surface area contributed by atoms with Crippen LogP contribution in [-0.2, 0) is 20.9 Å². The lowest BCUT2D eigenvalue weighted by Gasteiger charge is -2.22. The van der Waals surface area contributed by atoms with Crippen molar-refractivity contribution in [3.05, 3.63) is 35.9 Å². The minimum absolute atomic E-state index is 0.0816. The molecule has 104 valence electrons. The molecule has 1 aliphatic rings. The maximum Gasteiger partial charge on any atom is 0.329 e. The zero-order valence-corrected chi connectivity index (χ0v) is 11.1. The van der Waals surface area contributed by atoms with Crippen molar-refractivity contribution in [1.29, 1.82) is 5.26 Å². The minimum Gasteiger partial charge on any atom is -0.459 e. The van der Waals surface area contributed by atoms with E-state index in [1.54, 1.807) is 0 Å². The molecule has 1 atom stereocenters. The van der Waals surface area contributed by atoms with E-state index >= 15 is 0 Å². The Labute approximate surface area is 117 Å². The van der Waals surface area contributed by atoms with Crippen molar-refractivity contribution in [2.75, 3.05) is 6.54 Å². The molecule has 0 bridgehead atoms. The maximum atomic E-state index is 12.0. The number of ether oxygens (including phenoxy) is 1. The predicted octanol–water partition coefficient (Wildman–Crippen LogP) is 1.63. The Morgan fingerprint density at radius 1 is 1.40 bits per heavy atom. The van der Waals surface area contributed by atoms with E-state index in [2.05, 4.69) is 0 Å². The second-order valence-corrected chi connectivity index (χ2v) is 4.64. The first-order valence-electron chi connectivity index (χ1n) is 6.59. The van der Waals surface area contributed by atoms with Crippen LogP contribution in [-0.4, -0.2) is 29.4 Å². The van der Waals surface area contributed by atoms with Crippen LogP contribution in [0.2, 0.25) is 0 Å². The third kappa shape index (κ3) is 3.35. The average Bonchev–Trinajstić information content (AvgIpc) is 2.85. The summed E-state index contributed by atoms with van der Waals surface area (Å²) in [6.45, 7) is 0.497. The smallest absolute Gasteiger partial charge is 0.329 e. The van der Waals surface area contributed by atoms with E-state index in [0.717, 1.165) is 5.56 Å². The first-order chi connectivity index (χ1) is 9.72. The van der Waals surface area contributed by atoms with Gasteiger partial charge in [0.25, 0.3) is 0 Å². The standard InChI is InChI=1S/C15H16N2O3/c16-9-4-10-17-13(7-8-14(17)18)15(19)20-11-12-5-2-1-3-6-12/h1-3,5-6,13H,4,7-8,10-11H2. The van der Waals surface area contributed by atoms with Crippen LogP contribution < -0.4 is 0 Å². The van der Waals surface area contributed by atoms with Crippen molar-refractivity contribution >= 4 is 11.9 Å². The number of esters is 1. The van der Waals surface area contributed by atoms with Crippen molar-refractivity contribution in [2.24, 2.45) is 0 Å². The van der Waals surface area contributed by atoms with Gasteiger partial charge in [0.1, 0.15) is 12.6 Å². The molecule has 0 radical (unpaired) electrons. The molecule has 0 aliphatic carbocycles. The topological polar surface area (TPSA) is 70.4 Å². The van der Waals surface area contributed by atoms with Crippen LogP contribution in [0.25, 0.3) is 0 Å². The molecule has 0 spiro atoms. The highest BCUT2D eigenvalue weighted by Crippen LogP contribution is 2.20. The molecule has 1 heterocycles. The summed E-state index contributed by atoms with van der Waals surface area (Å²) in [7, 11) is 0. The van der Waals surface area contributed by atoms with Gasteiger partial charge in [-0.05, 0) is 12.0 Å². The van der Waals surface area contributed by atoms with E-state index in [0.29, 0.717) is 19.4 Å². The first-order valence-corrected chi connectivity index (χ1v) is 6.59. The summed E-state index contributed by atoms with van der Waals surface area (Å²) in [4.78, 5) is 25.2. The number of carbonyl (C=O) groups excluding carboxylic acids is 2. The van der Waals surface area contributed by atoms with Crippen LogP contribution in [0.3, 0.4) is 0 Å². The molecule has 0 saturated carbocycles. The quantitative estimate of drug-likeness (QED) is 0.764. The summed E-state index contributed by atoms with van der Waals surface area (Å²) in [5, 5.41) is 8.59. The van der Waals surface area contributed by atoms with Crippen molar-refractivity contribution in [2.45, 2.75) is 31.9 Å². The molecule has 5 nitrogen and oxygen atoms in total. The monoisotopic (exact) mass is 272 g/mol. The van der Waals surface area contributed by atoms with Crippen LogP contribution in [0.5, 0.6) is 0 Å². The molecule has 1 aliphatic heterocycles. The fourth-order valence-corrected chi connectivity index (χ4v) is 2.25. The number of amides is 1. The van der Waals surface area contributed by atoms with Gasteiger partial charge in [0.15, 0.2) is 0 Å². The summed E-state index contributed by atoms with van der Waals surface area (Å²) in [6.07, 6.45) is 1.04. The lowest BCUT2D eigenvalue weighted by Crippen LogP contribution is -2.40. The van der Waals surface area contributed by atoms with E-state index in [1.165, 1.54) is 4.90 Å². The second kappa shape index (κ2) is 6.71. The average molecular weight is 272 g/mol. The van der Waals surface area contributed by atoms with Gasteiger partial charge in [-0.3, -0.25) is 4.79 Å². The molecule has 1 saturated heterocycles. The largest absolute Gasteiger partial charge is 0.459 e. The van der Waals surface area contributed by atoms with Gasteiger partial charge >= 0.3 is 5.97 Å². The molecule has 1 fully saturated rings. The van der Waals surface area contributed by atoms with Crippen molar-refractivity contribution in [3.63, 3.8) is 0 Å². The van der Waals surface area contributed by atoms with Crippen LogP contribution in [0, 0.1) is 11.3 Å². The molecule has 0 N–H and O–H groups in total. The van der Waals surface area contributed by atoms with Crippen LogP contribution >= 0.6 is 0 Å². The van der Waals surface area contributed by atoms with Gasteiger partial charge in [0, 0.05) is 13.0 Å². The summed E-state index contributed by atoms with van der Waals surface area (Å²) < 4.78 is 5.25. The number of hydrogen-bond acceptors (Lipinski definition) is 4. The fourth-order valence-electron chi connectivity index (χ4n) is 2.25. The molecule has 1 aromatic rings. The normalized spacial score (nSPS) is 17.9. The van der Waals surface area contributed by atoms with Crippen LogP contribution in [0.4, 0.5) is 0 Å². The summed E-state index contributed by atoms with van der Waals surface area (Å²) in [5.41, 5.74) is 0.911. The van der Waals surface area contributed by atoms with Crippen molar-refractivity contribution < 1.29 is 14.3 Å². The van der Waals surface area contributed by atoms with E-state index < -0.39 is 12.0 Å².